The predicted octanol–water partition coefficient (Wildman–Crippen LogP) is 1.84. The van der Waals surface area contributed by atoms with Gasteiger partial charge in [-0.2, -0.15) is 4.57 Å². The number of imidazole rings is 1. The highest BCUT2D eigenvalue weighted by atomic mass is 35.5. The molecule has 2 aliphatic rings. The molecule has 24 heavy (non-hydrogen) atoms. The number of likely N-dealkylation sites (N-methyl/N-ethyl adjacent to an activating group) is 2. The lowest BCUT2D eigenvalue weighted by atomic mass is 10.2. The van der Waals surface area contributed by atoms with Crippen molar-refractivity contribution in [2.45, 2.75) is 13.0 Å². The molecule has 0 aliphatic carbocycles. The van der Waals surface area contributed by atoms with E-state index in [1.54, 1.807) is 23.7 Å². The average molecular weight is 345 g/mol. The minimum atomic E-state index is -0.611. The van der Waals surface area contributed by atoms with Crippen molar-refractivity contribution in [2.24, 2.45) is 4.99 Å². The van der Waals surface area contributed by atoms with Crippen molar-refractivity contribution in [3.63, 3.8) is 0 Å². The molecule has 2 aliphatic heterocycles. The van der Waals surface area contributed by atoms with E-state index in [-0.39, 0.29) is 11.9 Å². The van der Waals surface area contributed by atoms with E-state index in [0.29, 0.717) is 16.8 Å². The zero-order valence-electron chi connectivity index (χ0n) is 13.4. The third-order valence-corrected chi connectivity index (χ3v) is 4.67. The number of imide groups is 1. The molecule has 1 saturated heterocycles. The SMILES string of the molecule is Cc1c[n+]2c(n1-c1ccc(Cl)cc1)N=C1C2C(=O)N(C)C(=O)N1C. The lowest BCUT2D eigenvalue weighted by Gasteiger charge is -2.30. The summed E-state index contributed by atoms with van der Waals surface area (Å²) in [5.74, 6) is 0.771. The van der Waals surface area contributed by atoms with Crippen molar-refractivity contribution < 1.29 is 14.2 Å². The number of carbonyl (C=O) groups is 2. The summed E-state index contributed by atoms with van der Waals surface area (Å²) in [6.07, 6.45) is 1.88. The lowest BCUT2D eigenvalue weighted by Crippen LogP contribution is -2.61. The molecular weight excluding hydrogens is 330 g/mol. The number of urea groups is 1. The summed E-state index contributed by atoms with van der Waals surface area (Å²) in [6, 6.07) is 6.40. The molecule has 0 bridgehead atoms. The Kier molecular flexibility index (Phi) is 3.05. The summed E-state index contributed by atoms with van der Waals surface area (Å²) in [5.41, 5.74) is 1.83. The number of aliphatic imine (C=N–C) groups is 1. The molecule has 2 aromatic rings. The number of hydrogen-bond acceptors (Lipinski definition) is 3. The lowest BCUT2D eigenvalue weighted by molar-refractivity contribution is -0.676. The molecule has 0 saturated carbocycles. The summed E-state index contributed by atoms with van der Waals surface area (Å²) in [7, 11) is 3.11. The van der Waals surface area contributed by atoms with Gasteiger partial charge in [0.05, 0.1) is 0 Å². The molecule has 0 N–H and O–H groups in total. The standard InChI is InChI=1S/C16H15ClN5O2/c1-9-8-21-12-13(19(2)16(24)20(3)14(12)23)18-15(21)22(9)11-6-4-10(17)5-7-11/h4-8,12H,1-3H3/q+1. The van der Waals surface area contributed by atoms with E-state index in [2.05, 4.69) is 4.99 Å². The number of hydrogen-bond donors (Lipinski definition) is 0. The third kappa shape index (κ3) is 1.85. The molecule has 1 aromatic heterocycles. The number of aromatic nitrogens is 2. The molecule has 122 valence electrons. The first-order chi connectivity index (χ1) is 11.4. The van der Waals surface area contributed by atoms with Crippen LogP contribution in [0, 0.1) is 6.92 Å². The second kappa shape index (κ2) is 4.91. The van der Waals surface area contributed by atoms with Gasteiger partial charge in [-0.1, -0.05) is 16.6 Å². The van der Waals surface area contributed by atoms with Crippen LogP contribution in [0.15, 0.2) is 35.5 Å². The molecule has 1 aromatic carbocycles. The van der Waals surface area contributed by atoms with Gasteiger partial charge in [-0.3, -0.25) is 14.6 Å². The van der Waals surface area contributed by atoms with E-state index in [4.69, 9.17) is 11.6 Å². The Bertz CT molecular complexity index is 915. The molecule has 3 heterocycles. The second-order valence-corrected chi connectivity index (χ2v) is 6.34. The zero-order chi connectivity index (χ0) is 17.2. The van der Waals surface area contributed by atoms with Gasteiger partial charge in [0.1, 0.15) is 17.6 Å². The van der Waals surface area contributed by atoms with Gasteiger partial charge < -0.3 is 0 Å². The Morgan fingerprint density at radius 1 is 1.12 bits per heavy atom. The molecule has 0 spiro atoms. The summed E-state index contributed by atoms with van der Waals surface area (Å²) in [6.45, 7) is 1.95. The van der Waals surface area contributed by atoms with Crippen molar-refractivity contribution in [3.05, 3.63) is 41.2 Å². The van der Waals surface area contributed by atoms with Gasteiger partial charge in [0.25, 0.3) is 5.91 Å². The van der Waals surface area contributed by atoms with E-state index in [0.717, 1.165) is 16.3 Å². The Morgan fingerprint density at radius 2 is 1.79 bits per heavy atom. The highest BCUT2D eigenvalue weighted by Gasteiger charge is 2.52. The maximum atomic E-state index is 12.6. The van der Waals surface area contributed by atoms with Gasteiger partial charge in [-0.15, -0.1) is 0 Å². The van der Waals surface area contributed by atoms with Crippen molar-refractivity contribution in [2.75, 3.05) is 14.1 Å². The molecular formula is C16H15ClN5O2+. The van der Waals surface area contributed by atoms with Crippen molar-refractivity contribution >= 4 is 35.3 Å². The van der Waals surface area contributed by atoms with E-state index < -0.39 is 6.04 Å². The number of aryl methyl sites for hydroxylation is 1. The maximum absolute atomic E-state index is 12.6. The van der Waals surface area contributed by atoms with Gasteiger partial charge >= 0.3 is 12.0 Å². The third-order valence-electron chi connectivity index (χ3n) is 4.41. The first kappa shape index (κ1) is 14.9. The van der Waals surface area contributed by atoms with Crippen LogP contribution in [-0.4, -0.2) is 46.2 Å². The molecule has 0 radical (unpaired) electrons. The molecule has 1 fully saturated rings. The van der Waals surface area contributed by atoms with Crippen LogP contribution < -0.4 is 4.57 Å². The molecule has 7 nitrogen and oxygen atoms in total. The van der Waals surface area contributed by atoms with Crippen LogP contribution >= 0.6 is 11.6 Å². The Hall–Kier alpha value is -2.67. The fourth-order valence-corrected chi connectivity index (χ4v) is 3.30. The van der Waals surface area contributed by atoms with Crippen LogP contribution in [0.25, 0.3) is 5.69 Å². The van der Waals surface area contributed by atoms with E-state index in [1.165, 1.54) is 11.9 Å². The normalized spacial score (nSPS) is 19.5. The van der Waals surface area contributed by atoms with Crippen LogP contribution in [0.1, 0.15) is 11.7 Å². The smallest absolute Gasteiger partial charge is 0.270 e. The number of benzene rings is 1. The molecule has 4 rings (SSSR count). The maximum Gasteiger partial charge on any atom is 0.406 e. The van der Waals surface area contributed by atoms with Gasteiger partial charge in [-0.25, -0.2) is 9.36 Å². The second-order valence-electron chi connectivity index (χ2n) is 5.90. The number of carbonyl (C=O) groups excluding carboxylic acids is 2. The first-order valence-corrected chi connectivity index (χ1v) is 7.81. The average Bonchev–Trinajstić information content (AvgIpc) is 3.06. The van der Waals surface area contributed by atoms with E-state index in [9.17, 15) is 9.59 Å². The van der Waals surface area contributed by atoms with E-state index >= 15 is 0 Å². The summed E-state index contributed by atoms with van der Waals surface area (Å²) in [4.78, 5) is 31.8. The van der Waals surface area contributed by atoms with Crippen LogP contribution in [0.2, 0.25) is 5.02 Å². The molecule has 8 heteroatoms. The minimum Gasteiger partial charge on any atom is -0.270 e. The molecule has 1 atom stereocenters. The van der Waals surface area contributed by atoms with Gasteiger partial charge in [0, 0.05) is 19.1 Å². The fraction of sp³-hybridized carbons (Fsp3) is 0.250. The summed E-state index contributed by atoms with van der Waals surface area (Å²) < 4.78 is 3.74. The van der Waals surface area contributed by atoms with Crippen LogP contribution in [0.5, 0.6) is 0 Å². The zero-order valence-corrected chi connectivity index (χ0v) is 14.2. The van der Waals surface area contributed by atoms with Gasteiger partial charge in [0.2, 0.25) is 11.9 Å². The number of amides is 3. The monoisotopic (exact) mass is 344 g/mol. The van der Waals surface area contributed by atoms with Crippen molar-refractivity contribution in [1.82, 2.24) is 14.4 Å². The fourth-order valence-electron chi connectivity index (χ4n) is 3.17. The summed E-state index contributed by atoms with van der Waals surface area (Å²) >= 11 is 5.96. The van der Waals surface area contributed by atoms with Gasteiger partial charge in [-0.05, 0) is 31.2 Å². The number of halogens is 1. The number of rotatable bonds is 1. The Morgan fingerprint density at radius 3 is 2.46 bits per heavy atom. The van der Waals surface area contributed by atoms with Crippen molar-refractivity contribution in [1.29, 1.82) is 0 Å². The Labute approximate surface area is 143 Å². The number of nitrogens with zero attached hydrogens (tertiary/aromatic N) is 5. The topological polar surface area (TPSA) is 61.8 Å². The summed E-state index contributed by atoms with van der Waals surface area (Å²) in [5, 5.41) is 0.648. The first-order valence-electron chi connectivity index (χ1n) is 7.43. The quantitative estimate of drug-likeness (QED) is 0.741. The van der Waals surface area contributed by atoms with Crippen LogP contribution in [0.4, 0.5) is 10.7 Å². The van der Waals surface area contributed by atoms with Crippen molar-refractivity contribution in [3.8, 4) is 5.69 Å². The van der Waals surface area contributed by atoms with Gasteiger partial charge in [0.15, 0.2) is 0 Å². The highest BCUT2D eigenvalue weighted by Crippen LogP contribution is 2.30. The number of fused-ring (bicyclic) bond motifs is 3. The predicted molar refractivity (Wildman–Crippen MR) is 87.8 cm³/mol. The molecule has 1 unspecified atom stereocenters. The minimum absolute atomic E-state index is 0.283. The number of amidine groups is 1. The Balaban J connectivity index is 1.90. The van der Waals surface area contributed by atoms with E-state index in [1.807, 2.05) is 29.8 Å². The van der Waals surface area contributed by atoms with Crippen LogP contribution in [-0.2, 0) is 4.79 Å². The largest absolute Gasteiger partial charge is 0.406 e. The van der Waals surface area contributed by atoms with Crippen LogP contribution in [0.3, 0.4) is 0 Å². The molecule has 3 amide bonds. The highest BCUT2D eigenvalue weighted by molar-refractivity contribution is 6.30.